The summed E-state index contributed by atoms with van der Waals surface area (Å²) < 4.78 is 9.90. The Balaban J connectivity index is 1.95. The van der Waals surface area contributed by atoms with Gasteiger partial charge in [-0.05, 0) is 19.9 Å². The molecule has 2 aromatic rings. The van der Waals surface area contributed by atoms with Gasteiger partial charge in [-0.3, -0.25) is 14.9 Å². The Hall–Kier alpha value is -2.15. The molecule has 0 bridgehead atoms. The molecular weight excluding hydrogens is 280 g/mol. The minimum atomic E-state index is -0.332. The van der Waals surface area contributed by atoms with Gasteiger partial charge in [0.15, 0.2) is 5.13 Å². The number of anilines is 1. The number of hydrogen-bond donors (Lipinski definition) is 1. The molecule has 0 unspecified atom stereocenters. The number of furan rings is 1. The lowest BCUT2D eigenvalue weighted by Crippen LogP contribution is -2.11. The molecule has 2 aromatic heterocycles. The van der Waals surface area contributed by atoms with E-state index in [4.69, 9.17) is 9.15 Å². The van der Waals surface area contributed by atoms with E-state index in [1.807, 2.05) is 0 Å². The first-order valence-electron chi connectivity index (χ1n) is 6.05. The maximum absolute atomic E-state index is 11.9. The lowest BCUT2D eigenvalue weighted by Gasteiger charge is -1.99. The molecule has 0 atom stereocenters. The van der Waals surface area contributed by atoms with Crippen molar-refractivity contribution in [3.05, 3.63) is 34.7 Å². The normalized spacial score (nSPS) is 10.3. The molecule has 106 valence electrons. The highest BCUT2D eigenvalue weighted by Gasteiger charge is 2.13. The van der Waals surface area contributed by atoms with Crippen LogP contribution < -0.4 is 5.32 Å². The summed E-state index contributed by atoms with van der Waals surface area (Å²) in [4.78, 5) is 27.3. The smallest absolute Gasteiger partial charge is 0.311 e. The molecule has 0 fully saturated rings. The van der Waals surface area contributed by atoms with Gasteiger partial charge in [-0.25, -0.2) is 4.98 Å². The van der Waals surface area contributed by atoms with Gasteiger partial charge in [0.25, 0.3) is 5.91 Å². The van der Waals surface area contributed by atoms with Gasteiger partial charge in [0.2, 0.25) is 0 Å². The van der Waals surface area contributed by atoms with Gasteiger partial charge in [0.1, 0.15) is 12.0 Å². The van der Waals surface area contributed by atoms with Crippen molar-refractivity contribution in [1.29, 1.82) is 0 Å². The third kappa shape index (κ3) is 3.67. The number of ether oxygens (including phenoxy) is 1. The van der Waals surface area contributed by atoms with Gasteiger partial charge in [-0.2, -0.15) is 0 Å². The van der Waals surface area contributed by atoms with Crippen LogP contribution in [0.25, 0.3) is 0 Å². The molecule has 0 aromatic carbocycles. The van der Waals surface area contributed by atoms with Crippen molar-refractivity contribution in [1.82, 2.24) is 4.98 Å². The maximum Gasteiger partial charge on any atom is 0.311 e. The molecule has 7 heteroatoms. The van der Waals surface area contributed by atoms with E-state index in [1.165, 1.54) is 17.6 Å². The molecule has 0 aliphatic heterocycles. The molecule has 20 heavy (non-hydrogen) atoms. The zero-order chi connectivity index (χ0) is 14.5. The monoisotopic (exact) mass is 294 g/mol. The number of aromatic nitrogens is 1. The van der Waals surface area contributed by atoms with E-state index in [-0.39, 0.29) is 18.3 Å². The summed E-state index contributed by atoms with van der Waals surface area (Å²) in [5.41, 5.74) is 1.01. The SMILES string of the molecule is CCOC(=O)Cc1csc(NC(=O)c2coc(C)c2)n1. The van der Waals surface area contributed by atoms with E-state index in [0.29, 0.717) is 28.8 Å². The van der Waals surface area contributed by atoms with E-state index in [2.05, 4.69) is 10.3 Å². The molecule has 1 N–H and O–H groups in total. The first kappa shape index (κ1) is 14.3. The first-order chi connectivity index (χ1) is 9.58. The van der Waals surface area contributed by atoms with Crippen LogP contribution in [0.3, 0.4) is 0 Å². The maximum atomic E-state index is 11.9. The molecule has 2 heterocycles. The molecule has 1 amide bonds. The number of aryl methyl sites for hydroxylation is 1. The summed E-state index contributed by atoms with van der Waals surface area (Å²) in [6.07, 6.45) is 1.49. The van der Waals surface area contributed by atoms with Crippen molar-refractivity contribution in [2.45, 2.75) is 20.3 Å². The third-order valence-corrected chi connectivity index (χ3v) is 3.20. The predicted octanol–water partition coefficient (Wildman–Crippen LogP) is 2.40. The van der Waals surface area contributed by atoms with E-state index in [0.717, 1.165) is 0 Å². The molecule has 0 aliphatic rings. The van der Waals surface area contributed by atoms with Gasteiger partial charge in [-0.15, -0.1) is 11.3 Å². The summed E-state index contributed by atoms with van der Waals surface area (Å²) in [5.74, 6) is 0.0392. The largest absolute Gasteiger partial charge is 0.469 e. The van der Waals surface area contributed by atoms with Crippen LogP contribution in [0.4, 0.5) is 5.13 Å². The van der Waals surface area contributed by atoms with Crippen LogP contribution in [0.15, 0.2) is 22.1 Å². The fourth-order valence-electron chi connectivity index (χ4n) is 1.54. The minimum absolute atomic E-state index is 0.102. The van der Waals surface area contributed by atoms with E-state index in [1.54, 1.807) is 25.3 Å². The van der Waals surface area contributed by atoms with E-state index in [9.17, 15) is 9.59 Å². The van der Waals surface area contributed by atoms with E-state index < -0.39 is 0 Å². The lowest BCUT2D eigenvalue weighted by atomic mass is 10.3. The van der Waals surface area contributed by atoms with Gasteiger partial charge in [0.05, 0.1) is 24.3 Å². The number of carbonyl (C=O) groups excluding carboxylic acids is 2. The molecule has 0 saturated heterocycles. The zero-order valence-corrected chi connectivity index (χ0v) is 12.0. The van der Waals surface area contributed by atoms with Crippen molar-refractivity contribution < 1.29 is 18.7 Å². The zero-order valence-electron chi connectivity index (χ0n) is 11.1. The highest BCUT2D eigenvalue weighted by atomic mass is 32.1. The molecule has 0 aliphatic carbocycles. The van der Waals surface area contributed by atoms with Crippen LogP contribution in [0.2, 0.25) is 0 Å². The third-order valence-electron chi connectivity index (χ3n) is 2.40. The van der Waals surface area contributed by atoms with Crippen LogP contribution in [-0.4, -0.2) is 23.5 Å². The van der Waals surface area contributed by atoms with Gasteiger partial charge in [-0.1, -0.05) is 0 Å². The van der Waals surface area contributed by atoms with Crippen molar-refractivity contribution in [3.8, 4) is 0 Å². The first-order valence-corrected chi connectivity index (χ1v) is 6.93. The summed E-state index contributed by atoms with van der Waals surface area (Å²) in [5, 5.41) is 4.81. The van der Waals surface area contributed by atoms with Crippen LogP contribution >= 0.6 is 11.3 Å². The Kier molecular flexibility index (Phi) is 4.52. The van der Waals surface area contributed by atoms with Crippen molar-refractivity contribution in [2.24, 2.45) is 0 Å². The second kappa shape index (κ2) is 6.33. The summed E-state index contributed by atoms with van der Waals surface area (Å²) in [6.45, 7) is 3.85. The molecule has 2 rings (SSSR count). The number of esters is 1. The number of thiazole rings is 1. The van der Waals surface area contributed by atoms with Crippen LogP contribution in [-0.2, 0) is 16.0 Å². The summed E-state index contributed by atoms with van der Waals surface area (Å²) in [6, 6.07) is 1.64. The van der Waals surface area contributed by atoms with Crippen molar-refractivity contribution in [2.75, 3.05) is 11.9 Å². The number of amides is 1. The Morgan fingerprint density at radius 1 is 1.50 bits per heavy atom. The molecular formula is C13H14N2O4S. The van der Waals surface area contributed by atoms with Crippen LogP contribution in [0.5, 0.6) is 0 Å². The number of carbonyl (C=O) groups is 2. The Bertz CT molecular complexity index is 617. The number of nitrogens with zero attached hydrogens (tertiary/aromatic N) is 1. The van der Waals surface area contributed by atoms with Gasteiger partial charge in [0, 0.05) is 5.38 Å². The quantitative estimate of drug-likeness (QED) is 0.856. The summed E-state index contributed by atoms with van der Waals surface area (Å²) >= 11 is 1.26. The van der Waals surface area contributed by atoms with E-state index >= 15 is 0 Å². The van der Waals surface area contributed by atoms with Gasteiger partial charge < -0.3 is 9.15 Å². The van der Waals surface area contributed by atoms with Crippen molar-refractivity contribution >= 4 is 28.3 Å². The highest BCUT2D eigenvalue weighted by molar-refractivity contribution is 7.14. The second-order valence-electron chi connectivity index (χ2n) is 4.03. The topological polar surface area (TPSA) is 81.4 Å². The number of nitrogens with one attached hydrogen (secondary N) is 1. The molecule has 0 spiro atoms. The standard InChI is InChI=1S/C13H14N2O4S/c1-3-18-11(16)5-10-7-20-13(14-10)15-12(17)9-4-8(2)19-6-9/h4,6-7H,3,5H2,1-2H3,(H,14,15,17). The second-order valence-corrected chi connectivity index (χ2v) is 4.88. The predicted molar refractivity (Wildman–Crippen MR) is 73.8 cm³/mol. The average Bonchev–Trinajstić information content (AvgIpc) is 2.99. The minimum Gasteiger partial charge on any atom is -0.469 e. The fraction of sp³-hybridized carbons (Fsp3) is 0.308. The molecule has 0 saturated carbocycles. The van der Waals surface area contributed by atoms with Crippen LogP contribution in [0, 0.1) is 6.92 Å². The Labute approximate surface area is 119 Å². The number of hydrogen-bond acceptors (Lipinski definition) is 6. The average molecular weight is 294 g/mol. The van der Waals surface area contributed by atoms with Crippen molar-refractivity contribution in [3.63, 3.8) is 0 Å². The fourth-order valence-corrected chi connectivity index (χ4v) is 2.24. The molecule has 0 radical (unpaired) electrons. The molecule has 6 nitrogen and oxygen atoms in total. The van der Waals surface area contributed by atoms with Crippen LogP contribution in [0.1, 0.15) is 28.7 Å². The summed E-state index contributed by atoms with van der Waals surface area (Å²) in [7, 11) is 0. The number of rotatable bonds is 5. The Morgan fingerprint density at radius 3 is 2.95 bits per heavy atom. The van der Waals surface area contributed by atoms with Gasteiger partial charge >= 0.3 is 5.97 Å². The lowest BCUT2D eigenvalue weighted by molar-refractivity contribution is -0.142. The Morgan fingerprint density at radius 2 is 2.30 bits per heavy atom. The highest BCUT2D eigenvalue weighted by Crippen LogP contribution is 2.17.